The highest BCUT2D eigenvalue weighted by Crippen LogP contribution is 2.36. The zero-order valence-corrected chi connectivity index (χ0v) is 21.7. The number of aromatic nitrogens is 5. The van der Waals surface area contributed by atoms with Gasteiger partial charge in [-0.05, 0) is 48.5 Å². The monoisotopic (exact) mass is 517 g/mol. The van der Waals surface area contributed by atoms with Crippen molar-refractivity contribution < 1.29 is 4.42 Å². The third kappa shape index (κ3) is 3.47. The maximum Gasteiger partial charge on any atom is 0.225 e. The average molecular weight is 518 g/mol. The minimum absolute atomic E-state index is 0.580. The predicted octanol–water partition coefficient (Wildman–Crippen LogP) is 8.05. The van der Waals surface area contributed by atoms with Gasteiger partial charge in [0, 0.05) is 46.4 Å². The first-order valence-electron chi connectivity index (χ1n) is 13.2. The van der Waals surface area contributed by atoms with Crippen LogP contribution in [0.3, 0.4) is 0 Å². The van der Waals surface area contributed by atoms with Gasteiger partial charge < -0.3 is 13.6 Å². The van der Waals surface area contributed by atoms with Gasteiger partial charge in [0.15, 0.2) is 0 Å². The van der Waals surface area contributed by atoms with E-state index in [2.05, 4.69) is 111 Å². The molecule has 0 aliphatic heterocycles. The molecule has 0 aliphatic carbocycles. The molecule has 0 amide bonds. The normalized spacial score (nSPS) is 11.6. The molecule has 4 aromatic carbocycles. The Bertz CT molecular complexity index is 2190. The standard InChI is InChI=1S/C34H23N5O/c1-38-31-12-5-3-10-28(31)37-33(38)23-13-14-27-26-9-2-4-11-30(26)39(32(27)21-23)25-8-6-7-22(19-25)29-20-24(15-16-35-29)34-36-17-18-40-34/h2-21H,1H3. The van der Waals surface area contributed by atoms with Crippen molar-refractivity contribution >= 4 is 32.8 Å². The van der Waals surface area contributed by atoms with Crippen molar-refractivity contribution in [3.63, 3.8) is 0 Å². The number of benzene rings is 4. The van der Waals surface area contributed by atoms with Crippen LogP contribution >= 0.6 is 0 Å². The topological polar surface area (TPSA) is 61.7 Å². The Morgan fingerprint density at radius 1 is 0.625 bits per heavy atom. The van der Waals surface area contributed by atoms with Crippen LogP contribution in [0, 0.1) is 0 Å². The fourth-order valence-electron chi connectivity index (χ4n) is 5.68. The van der Waals surface area contributed by atoms with Gasteiger partial charge in [0.1, 0.15) is 12.1 Å². The van der Waals surface area contributed by atoms with Gasteiger partial charge in [-0.2, -0.15) is 0 Å². The molecule has 6 heteroatoms. The van der Waals surface area contributed by atoms with E-state index in [9.17, 15) is 0 Å². The highest BCUT2D eigenvalue weighted by Gasteiger charge is 2.16. The first kappa shape index (κ1) is 22.5. The summed E-state index contributed by atoms with van der Waals surface area (Å²) in [5, 5.41) is 2.41. The SMILES string of the molecule is Cn1c(-c2ccc3c4ccccc4n(-c4cccc(-c5cc(-c6ncco6)ccn5)c4)c3c2)nc2ccccc21. The number of rotatable bonds is 4. The minimum Gasteiger partial charge on any atom is -0.445 e. The Balaban J connectivity index is 1.32. The molecule has 0 spiro atoms. The van der Waals surface area contributed by atoms with E-state index in [4.69, 9.17) is 9.40 Å². The summed E-state index contributed by atoms with van der Waals surface area (Å²) in [6.45, 7) is 0. The summed E-state index contributed by atoms with van der Waals surface area (Å²) in [6, 6.07) is 35.9. The number of oxazole rings is 1. The lowest BCUT2D eigenvalue weighted by molar-refractivity contribution is 0.574. The molecule has 0 saturated heterocycles. The second kappa shape index (κ2) is 8.78. The number of aryl methyl sites for hydroxylation is 1. The molecule has 0 unspecified atom stereocenters. The molecule has 0 N–H and O–H groups in total. The molecule has 190 valence electrons. The van der Waals surface area contributed by atoms with E-state index in [0.717, 1.165) is 56.0 Å². The predicted molar refractivity (Wildman–Crippen MR) is 159 cm³/mol. The van der Waals surface area contributed by atoms with Crippen LogP contribution in [0.1, 0.15) is 0 Å². The number of para-hydroxylation sites is 3. The van der Waals surface area contributed by atoms with Gasteiger partial charge in [0.05, 0.1) is 34.0 Å². The summed E-state index contributed by atoms with van der Waals surface area (Å²) in [5.74, 6) is 1.53. The molecule has 4 aromatic heterocycles. The van der Waals surface area contributed by atoms with Crippen molar-refractivity contribution in [1.82, 2.24) is 24.1 Å². The molecule has 8 rings (SSSR count). The van der Waals surface area contributed by atoms with Crippen LogP contribution in [0.15, 0.2) is 126 Å². The number of hydrogen-bond donors (Lipinski definition) is 0. The summed E-state index contributed by atoms with van der Waals surface area (Å²) in [4.78, 5) is 13.9. The molecular formula is C34H23N5O. The second-order valence-electron chi connectivity index (χ2n) is 9.88. The van der Waals surface area contributed by atoms with Gasteiger partial charge in [-0.15, -0.1) is 0 Å². The average Bonchev–Trinajstić information content (AvgIpc) is 3.74. The second-order valence-corrected chi connectivity index (χ2v) is 9.88. The van der Waals surface area contributed by atoms with Crippen molar-refractivity contribution in [2.75, 3.05) is 0 Å². The van der Waals surface area contributed by atoms with Gasteiger partial charge in [-0.1, -0.05) is 54.6 Å². The lowest BCUT2D eigenvalue weighted by atomic mass is 10.1. The molecule has 0 radical (unpaired) electrons. The molecular weight excluding hydrogens is 494 g/mol. The lowest BCUT2D eigenvalue weighted by Crippen LogP contribution is -1.96. The Morgan fingerprint density at radius 3 is 2.35 bits per heavy atom. The Hall–Kier alpha value is -5.49. The quantitative estimate of drug-likeness (QED) is 0.237. The van der Waals surface area contributed by atoms with Crippen molar-refractivity contribution in [1.29, 1.82) is 0 Å². The Labute approximate surface area is 229 Å². The van der Waals surface area contributed by atoms with Gasteiger partial charge >= 0.3 is 0 Å². The van der Waals surface area contributed by atoms with E-state index in [-0.39, 0.29) is 0 Å². The van der Waals surface area contributed by atoms with Crippen LogP contribution in [-0.2, 0) is 7.05 Å². The van der Waals surface area contributed by atoms with Gasteiger partial charge in [0.2, 0.25) is 5.89 Å². The molecule has 4 heterocycles. The number of hydrogen-bond acceptors (Lipinski definition) is 4. The summed E-state index contributed by atoms with van der Waals surface area (Å²) < 4.78 is 10.0. The van der Waals surface area contributed by atoms with Crippen LogP contribution in [0.5, 0.6) is 0 Å². The maximum atomic E-state index is 5.51. The third-order valence-corrected chi connectivity index (χ3v) is 7.56. The molecule has 40 heavy (non-hydrogen) atoms. The van der Waals surface area contributed by atoms with Crippen molar-refractivity contribution in [3.8, 4) is 39.8 Å². The fourth-order valence-corrected chi connectivity index (χ4v) is 5.68. The van der Waals surface area contributed by atoms with Crippen molar-refractivity contribution in [2.24, 2.45) is 7.05 Å². The molecule has 8 aromatic rings. The van der Waals surface area contributed by atoms with E-state index in [0.29, 0.717) is 5.89 Å². The first-order chi connectivity index (χ1) is 19.7. The van der Waals surface area contributed by atoms with Gasteiger partial charge in [0.25, 0.3) is 0 Å². The molecule has 0 saturated carbocycles. The highest BCUT2D eigenvalue weighted by atomic mass is 16.3. The summed E-state index contributed by atoms with van der Waals surface area (Å²) >= 11 is 0. The summed E-state index contributed by atoms with van der Waals surface area (Å²) in [6.07, 6.45) is 5.03. The number of imidazole rings is 1. The van der Waals surface area contributed by atoms with E-state index in [1.54, 1.807) is 18.7 Å². The molecule has 0 bridgehead atoms. The molecule has 0 atom stereocenters. The van der Waals surface area contributed by atoms with E-state index in [1.165, 1.54) is 10.8 Å². The Morgan fingerprint density at radius 2 is 1.48 bits per heavy atom. The zero-order valence-electron chi connectivity index (χ0n) is 21.7. The third-order valence-electron chi connectivity index (χ3n) is 7.56. The molecule has 0 fully saturated rings. The van der Waals surface area contributed by atoms with Crippen molar-refractivity contribution in [3.05, 3.63) is 122 Å². The van der Waals surface area contributed by atoms with E-state index in [1.807, 2.05) is 18.2 Å². The Kier molecular flexibility index (Phi) is 4.94. The van der Waals surface area contributed by atoms with E-state index < -0.39 is 0 Å². The van der Waals surface area contributed by atoms with Crippen LogP contribution in [0.25, 0.3) is 72.6 Å². The molecule has 0 aliphatic rings. The van der Waals surface area contributed by atoms with Gasteiger partial charge in [-0.3, -0.25) is 4.98 Å². The first-order valence-corrected chi connectivity index (χ1v) is 13.2. The van der Waals surface area contributed by atoms with Crippen LogP contribution in [-0.4, -0.2) is 24.1 Å². The number of fused-ring (bicyclic) bond motifs is 4. The van der Waals surface area contributed by atoms with Crippen LogP contribution in [0.4, 0.5) is 0 Å². The molecule has 6 nitrogen and oxygen atoms in total. The van der Waals surface area contributed by atoms with Crippen LogP contribution in [0.2, 0.25) is 0 Å². The van der Waals surface area contributed by atoms with Gasteiger partial charge in [-0.25, -0.2) is 9.97 Å². The smallest absolute Gasteiger partial charge is 0.225 e. The largest absolute Gasteiger partial charge is 0.445 e. The summed E-state index contributed by atoms with van der Waals surface area (Å²) in [7, 11) is 2.08. The number of pyridine rings is 1. The zero-order chi connectivity index (χ0) is 26.6. The minimum atomic E-state index is 0.580. The van der Waals surface area contributed by atoms with E-state index >= 15 is 0 Å². The van der Waals surface area contributed by atoms with Crippen LogP contribution < -0.4 is 0 Å². The maximum absolute atomic E-state index is 5.51. The van der Waals surface area contributed by atoms with Crippen molar-refractivity contribution in [2.45, 2.75) is 0 Å². The number of nitrogens with zero attached hydrogens (tertiary/aromatic N) is 5. The lowest BCUT2D eigenvalue weighted by Gasteiger charge is -2.11. The summed E-state index contributed by atoms with van der Waals surface area (Å²) in [5.41, 5.74) is 9.30. The fraction of sp³-hybridized carbons (Fsp3) is 0.0294. The highest BCUT2D eigenvalue weighted by molar-refractivity contribution is 6.10.